The average Bonchev–Trinajstić information content (AvgIpc) is 2.80. The molecule has 0 aliphatic rings. The smallest absolute Gasteiger partial charge is 0.0772 e. The van der Waals surface area contributed by atoms with Crippen molar-refractivity contribution >= 4 is 0 Å². The molecule has 4 heteroatoms. The molecule has 4 nitrogen and oxygen atoms in total. The summed E-state index contributed by atoms with van der Waals surface area (Å²) in [5.74, 6) is 0. The summed E-state index contributed by atoms with van der Waals surface area (Å²) in [5, 5.41) is 37.3. The van der Waals surface area contributed by atoms with E-state index >= 15 is 0 Å². The summed E-state index contributed by atoms with van der Waals surface area (Å²) < 4.78 is 0. The first-order chi connectivity index (χ1) is 15.9. The zero-order valence-electron chi connectivity index (χ0n) is 23.2. The second kappa shape index (κ2) is 10.3. The molecule has 0 spiro atoms. The summed E-state index contributed by atoms with van der Waals surface area (Å²) in [6.45, 7) is 21.2. The lowest BCUT2D eigenvalue weighted by Crippen LogP contribution is -2.25. The van der Waals surface area contributed by atoms with E-state index < -0.39 is 21.7 Å². The molecule has 0 fully saturated rings. The summed E-state index contributed by atoms with van der Waals surface area (Å²) in [6.07, 6.45) is 0. The molecule has 182 valence electrons. The van der Waals surface area contributed by atoms with Crippen molar-refractivity contribution < 1.29 is 0 Å². The van der Waals surface area contributed by atoms with Gasteiger partial charge in [-0.1, -0.05) is 30.3 Å². The topological polar surface area (TPSA) is 95.2 Å². The van der Waals surface area contributed by atoms with Crippen LogP contribution in [0.25, 0.3) is 0 Å². The van der Waals surface area contributed by atoms with E-state index in [0.717, 1.165) is 38.9 Å². The molecule has 2 aromatic rings. The van der Waals surface area contributed by atoms with E-state index in [0.29, 0.717) is 0 Å². The van der Waals surface area contributed by atoms with Gasteiger partial charge in [0.25, 0.3) is 0 Å². The Balaban J connectivity index is 0.000000351. The molecule has 0 atom stereocenters. The molecular weight excluding hydrogens is 428 g/mol. The van der Waals surface area contributed by atoms with E-state index in [-0.39, 0.29) is 0 Å². The quantitative estimate of drug-likeness (QED) is 0.466. The second-order valence-corrected chi connectivity index (χ2v) is 11.4. The highest BCUT2D eigenvalue weighted by atomic mass is 14.4. The standard InChI is InChI=1S/C16H20N2.C15H18N2/c1-11-7-8-13(15(3,4)9-17)14(12(11)2)16(5,6)10-18;1-11-7-6-8-12(14(2,3)9-16)13(11)15(4,5)10-17/h7-8H,1-6H3;6-8H,1-5H3. The van der Waals surface area contributed by atoms with E-state index in [2.05, 4.69) is 24.3 Å². The number of rotatable bonds is 4. The normalized spacial score (nSPS) is 11.7. The van der Waals surface area contributed by atoms with Crippen LogP contribution in [-0.4, -0.2) is 0 Å². The van der Waals surface area contributed by atoms with Crippen molar-refractivity contribution in [1.29, 1.82) is 21.0 Å². The molecule has 0 aliphatic carbocycles. The van der Waals surface area contributed by atoms with Crippen LogP contribution in [0.3, 0.4) is 0 Å². The van der Waals surface area contributed by atoms with Gasteiger partial charge in [-0.15, -0.1) is 0 Å². The molecule has 2 rings (SSSR count). The predicted molar refractivity (Wildman–Crippen MR) is 142 cm³/mol. The van der Waals surface area contributed by atoms with Crippen LogP contribution in [0.1, 0.15) is 94.3 Å². The number of nitrogens with zero attached hydrogens (tertiary/aromatic N) is 4. The Bertz CT molecular complexity index is 1260. The van der Waals surface area contributed by atoms with Crippen molar-refractivity contribution in [3.63, 3.8) is 0 Å². The van der Waals surface area contributed by atoms with Gasteiger partial charge >= 0.3 is 0 Å². The summed E-state index contributed by atoms with van der Waals surface area (Å²) in [4.78, 5) is 0. The van der Waals surface area contributed by atoms with Gasteiger partial charge in [-0.3, -0.25) is 0 Å². The van der Waals surface area contributed by atoms with Crippen LogP contribution in [0.4, 0.5) is 0 Å². The molecule has 35 heavy (non-hydrogen) atoms. The third-order valence-electron chi connectivity index (χ3n) is 6.72. The molecule has 0 saturated heterocycles. The van der Waals surface area contributed by atoms with Crippen LogP contribution in [0.2, 0.25) is 0 Å². The molecule has 2 aromatic carbocycles. The first-order valence-electron chi connectivity index (χ1n) is 11.8. The first kappa shape index (κ1) is 29.4. The SMILES string of the molecule is Cc1ccc(C(C)(C)C#N)c(C(C)(C)C#N)c1C.Cc1cccc(C(C)(C)C#N)c1C(C)(C)C#N. The number of benzene rings is 2. The van der Waals surface area contributed by atoms with E-state index in [1.807, 2.05) is 106 Å². The maximum atomic E-state index is 9.39. The minimum absolute atomic E-state index is 0.574. The Kier molecular flexibility index (Phi) is 8.70. The zero-order chi connectivity index (χ0) is 27.4. The highest BCUT2D eigenvalue weighted by Gasteiger charge is 2.33. The van der Waals surface area contributed by atoms with E-state index in [1.165, 1.54) is 0 Å². The number of aryl methyl sites for hydroxylation is 2. The van der Waals surface area contributed by atoms with Gasteiger partial charge in [-0.2, -0.15) is 21.0 Å². The van der Waals surface area contributed by atoms with Crippen molar-refractivity contribution in [3.05, 3.63) is 69.3 Å². The van der Waals surface area contributed by atoms with E-state index in [9.17, 15) is 21.0 Å². The van der Waals surface area contributed by atoms with Crippen molar-refractivity contribution in [2.75, 3.05) is 0 Å². The lowest BCUT2D eigenvalue weighted by molar-refractivity contribution is 0.616. The van der Waals surface area contributed by atoms with Gasteiger partial charge in [0.2, 0.25) is 0 Å². The van der Waals surface area contributed by atoms with Crippen LogP contribution >= 0.6 is 0 Å². The molecule has 0 saturated carbocycles. The van der Waals surface area contributed by atoms with Crippen LogP contribution in [0.15, 0.2) is 30.3 Å². The third kappa shape index (κ3) is 6.10. The number of nitriles is 4. The summed E-state index contributed by atoms with van der Waals surface area (Å²) in [5.41, 5.74) is 4.91. The van der Waals surface area contributed by atoms with Gasteiger partial charge in [0.1, 0.15) is 0 Å². The van der Waals surface area contributed by atoms with Crippen LogP contribution in [0.5, 0.6) is 0 Å². The maximum Gasteiger partial charge on any atom is 0.0772 e. The number of hydrogen-bond acceptors (Lipinski definition) is 4. The van der Waals surface area contributed by atoms with E-state index in [1.54, 1.807) is 0 Å². The van der Waals surface area contributed by atoms with Crippen molar-refractivity contribution in [3.8, 4) is 24.3 Å². The van der Waals surface area contributed by atoms with Gasteiger partial charge in [0.15, 0.2) is 0 Å². The monoisotopic (exact) mass is 466 g/mol. The fourth-order valence-electron chi connectivity index (χ4n) is 4.39. The molecule has 0 aliphatic heterocycles. The lowest BCUT2D eigenvalue weighted by atomic mass is 9.72. The second-order valence-electron chi connectivity index (χ2n) is 11.4. The molecule has 0 N–H and O–H groups in total. The summed E-state index contributed by atoms with van der Waals surface area (Å²) >= 11 is 0. The minimum atomic E-state index is -0.584. The van der Waals surface area contributed by atoms with Crippen LogP contribution in [-0.2, 0) is 21.7 Å². The fraction of sp³-hybridized carbons (Fsp3) is 0.484. The summed E-state index contributed by atoms with van der Waals surface area (Å²) in [7, 11) is 0. The Morgan fingerprint density at radius 3 is 1.31 bits per heavy atom. The predicted octanol–water partition coefficient (Wildman–Crippen LogP) is 7.50. The van der Waals surface area contributed by atoms with Crippen molar-refractivity contribution in [1.82, 2.24) is 0 Å². The van der Waals surface area contributed by atoms with Gasteiger partial charge in [-0.05, 0) is 115 Å². The lowest BCUT2D eigenvalue weighted by Gasteiger charge is -2.29. The Morgan fingerprint density at radius 1 is 0.486 bits per heavy atom. The average molecular weight is 467 g/mol. The maximum absolute atomic E-state index is 9.39. The van der Waals surface area contributed by atoms with Gasteiger partial charge < -0.3 is 0 Å². The molecular formula is C31H38N4. The highest BCUT2D eigenvalue weighted by Crippen LogP contribution is 2.37. The van der Waals surface area contributed by atoms with Crippen molar-refractivity contribution in [2.24, 2.45) is 0 Å². The molecule has 0 aromatic heterocycles. The van der Waals surface area contributed by atoms with Gasteiger partial charge in [0.05, 0.1) is 45.9 Å². The van der Waals surface area contributed by atoms with E-state index in [4.69, 9.17) is 0 Å². The van der Waals surface area contributed by atoms with Gasteiger partial charge in [0, 0.05) is 0 Å². The molecule has 0 radical (unpaired) electrons. The third-order valence-corrected chi connectivity index (χ3v) is 6.72. The molecule has 0 bridgehead atoms. The van der Waals surface area contributed by atoms with Crippen LogP contribution < -0.4 is 0 Å². The Labute approximate surface area is 212 Å². The first-order valence-corrected chi connectivity index (χ1v) is 11.8. The minimum Gasteiger partial charge on any atom is -0.197 e. The Hall–Kier alpha value is -3.60. The van der Waals surface area contributed by atoms with Crippen LogP contribution in [0, 0.1) is 66.1 Å². The van der Waals surface area contributed by atoms with Gasteiger partial charge in [-0.25, -0.2) is 0 Å². The fourth-order valence-corrected chi connectivity index (χ4v) is 4.39. The highest BCUT2D eigenvalue weighted by molar-refractivity contribution is 5.51. The zero-order valence-corrected chi connectivity index (χ0v) is 23.2. The Morgan fingerprint density at radius 2 is 0.886 bits per heavy atom. The molecule has 0 heterocycles. The molecule has 0 unspecified atom stereocenters. The van der Waals surface area contributed by atoms with Crippen molar-refractivity contribution in [2.45, 2.75) is 97.8 Å². The number of hydrogen-bond donors (Lipinski definition) is 0. The summed E-state index contributed by atoms with van der Waals surface area (Å²) in [6, 6.07) is 19.2. The largest absolute Gasteiger partial charge is 0.197 e. The molecule has 0 amide bonds.